The molecule has 1 atom stereocenters. The molecule has 1 heterocycles. The first-order chi connectivity index (χ1) is 3.84. The van der Waals surface area contributed by atoms with E-state index in [0.29, 0.717) is 6.61 Å². The maximum atomic E-state index is 8.24. The van der Waals surface area contributed by atoms with Crippen molar-refractivity contribution in [3.8, 4) is 0 Å². The Morgan fingerprint density at radius 3 is 2.88 bits per heavy atom. The molecule has 1 N–H and O–H groups in total. The molecule has 1 rings (SSSR count). The zero-order valence-corrected chi connectivity index (χ0v) is 4.79. The Hall–Kier alpha value is -0.570. The van der Waals surface area contributed by atoms with Crippen LogP contribution in [0.3, 0.4) is 0 Å². The topological polar surface area (TPSA) is 41.8 Å². The van der Waals surface area contributed by atoms with Crippen molar-refractivity contribution in [3.05, 3.63) is 0 Å². The normalized spacial score (nSPS) is 34.1. The van der Waals surface area contributed by atoms with Crippen LogP contribution in [0.4, 0.5) is 0 Å². The van der Waals surface area contributed by atoms with Gasteiger partial charge in [0.2, 0.25) is 0 Å². The summed E-state index contributed by atoms with van der Waals surface area (Å²) in [7, 11) is 0. The van der Waals surface area contributed by atoms with Gasteiger partial charge in [0.1, 0.15) is 0 Å². The lowest BCUT2D eigenvalue weighted by atomic mass is 10.2. The molecule has 46 valence electrons. The van der Waals surface area contributed by atoms with Gasteiger partial charge in [0.05, 0.1) is 18.4 Å². The predicted octanol–water partition coefficient (Wildman–Crippen LogP) is 0.625. The maximum Gasteiger partial charge on any atom is 0.0962 e. The minimum absolute atomic E-state index is 0.0278. The van der Waals surface area contributed by atoms with Gasteiger partial charge in [-0.05, 0) is 6.92 Å². The monoisotopic (exact) mass is 115 g/mol. The smallest absolute Gasteiger partial charge is 0.0962 e. The molecule has 1 fully saturated rings. The number of ether oxygens (including phenoxy) is 1. The molecule has 8 heavy (non-hydrogen) atoms. The van der Waals surface area contributed by atoms with E-state index in [1.807, 2.05) is 6.92 Å². The second kappa shape index (κ2) is 2.13. The lowest BCUT2D eigenvalue weighted by Crippen LogP contribution is -2.09. The lowest BCUT2D eigenvalue weighted by Gasteiger charge is -1.97. The third kappa shape index (κ3) is 0.816. The summed E-state index contributed by atoms with van der Waals surface area (Å²) in [5.41, 5.74) is 0.755. The van der Waals surface area contributed by atoms with Crippen molar-refractivity contribution in [1.29, 1.82) is 0 Å². The third-order valence-corrected chi connectivity index (χ3v) is 1.32. The summed E-state index contributed by atoms with van der Waals surface area (Å²) >= 11 is 0. The average Bonchev–Trinajstić information content (AvgIpc) is 2.14. The molecule has 3 nitrogen and oxygen atoms in total. The van der Waals surface area contributed by atoms with Gasteiger partial charge in [0.15, 0.2) is 0 Å². The van der Waals surface area contributed by atoms with Gasteiger partial charge in [-0.15, -0.1) is 0 Å². The standard InChI is InChI=1S/C5H9NO2/c1-4-5(6-7)2-3-8-4/h4,7H,2-3H2,1H3/b6-5+/t4-/m0/s1. The van der Waals surface area contributed by atoms with Gasteiger partial charge in [-0.1, -0.05) is 5.16 Å². The molecule has 1 aliphatic rings. The zero-order chi connectivity index (χ0) is 5.98. The highest BCUT2D eigenvalue weighted by molar-refractivity contribution is 5.89. The molecule has 0 amide bonds. The minimum atomic E-state index is 0.0278. The molecule has 1 aliphatic heterocycles. The Morgan fingerprint density at radius 1 is 1.88 bits per heavy atom. The second-order valence-corrected chi connectivity index (χ2v) is 1.85. The van der Waals surface area contributed by atoms with Crippen LogP contribution < -0.4 is 0 Å². The van der Waals surface area contributed by atoms with E-state index < -0.39 is 0 Å². The summed E-state index contributed by atoms with van der Waals surface area (Å²) in [6.07, 6.45) is 0.803. The van der Waals surface area contributed by atoms with Crippen molar-refractivity contribution >= 4 is 5.71 Å². The van der Waals surface area contributed by atoms with E-state index >= 15 is 0 Å². The molecular formula is C5H9NO2. The molecule has 0 spiro atoms. The molecular weight excluding hydrogens is 106 g/mol. The van der Waals surface area contributed by atoms with Gasteiger partial charge in [0.25, 0.3) is 0 Å². The van der Waals surface area contributed by atoms with Gasteiger partial charge >= 0.3 is 0 Å². The van der Waals surface area contributed by atoms with Gasteiger partial charge in [0, 0.05) is 6.42 Å². The molecule has 3 heteroatoms. The van der Waals surface area contributed by atoms with E-state index in [0.717, 1.165) is 12.1 Å². The van der Waals surface area contributed by atoms with Crippen LogP contribution in [0.1, 0.15) is 13.3 Å². The van der Waals surface area contributed by atoms with E-state index in [1.165, 1.54) is 0 Å². The van der Waals surface area contributed by atoms with Gasteiger partial charge in [-0.3, -0.25) is 0 Å². The fraction of sp³-hybridized carbons (Fsp3) is 0.800. The van der Waals surface area contributed by atoms with Crippen molar-refractivity contribution in [1.82, 2.24) is 0 Å². The first-order valence-electron chi connectivity index (χ1n) is 2.67. The van der Waals surface area contributed by atoms with E-state index in [1.54, 1.807) is 0 Å². The van der Waals surface area contributed by atoms with Gasteiger partial charge in [-0.25, -0.2) is 0 Å². The third-order valence-electron chi connectivity index (χ3n) is 1.32. The van der Waals surface area contributed by atoms with Crippen LogP contribution in [0.2, 0.25) is 0 Å². The van der Waals surface area contributed by atoms with E-state index in [-0.39, 0.29) is 6.10 Å². The van der Waals surface area contributed by atoms with Crippen molar-refractivity contribution in [2.24, 2.45) is 5.16 Å². The first kappa shape index (κ1) is 5.56. The number of hydrogen-bond acceptors (Lipinski definition) is 3. The second-order valence-electron chi connectivity index (χ2n) is 1.85. The van der Waals surface area contributed by atoms with E-state index in [2.05, 4.69) is 5.16 Å². The molecule has 1 saturated heterocycles. The zero-order valence-electron chi connectivity index (χ0n) is 4.79. The molecule has 0 aromatic rings. The van der Waals surface area contributed by atoms with Gasteiger partial charge < -0.3 is 9.94 Å². The Morgan fingerprint density at radius 2 is 2.62 bits per heavy atom. The fourth-order valence-corrected chi connectivity index (χ4v) is 0.771. The Labute approximate surface area is 48.0 Å². The predicted molar refractivity (Wildman–Crippen MR) is 29.3 cm³/mol. The van der Waals surface area contributed by atoms with Crippen molar-refractivity contribution in [2.75, 3.05) is 6.61 Å². The van der Waals surface area contributed by atoms with Crippen LogP contribution in [0.5, 0.6) is 0 Å². The van der Waals surface area contributed by atoms with E-state index in [9.17, 15) is 0 Å². The van der Waals surface area contributed by atoms with Crippen LogP contribution in [0.15, 0.2) is 5.16 Å². The molecule has 0 aromatic carbocycles. The fourth-order valence-electron chi connectivity index (χ4n) is 0.771. The van der Waals surface area contributed by atoms with Crippen LogP contribution in [-0.4, -0.2) is 23.6 Å². The van der Waals surface area contributed by atoms with Crippen LogP contribution >= 0.6 is 0 Å². The Kier molecular flexibility index (Phi) is 1.48. The minimum Gasteiger partial charge on any atom is -0.411 e. The molecule has 0 radical (unpaired) electrons. The van der Waals surface area contributed by atoms with Crippen LogP contribution in [0.25, 0.3) is 0 Å². The average molecular weight is 115 g/mol. The molecule has 0 unspecified atom stereocenters. The summed E-state index contributed by atoms with van der Waals surface area (Å²) in [4.78, 5) is 0. The SMILES string of the molecule is C[C@@H]1OCC/C1=N\O. The number of rotatable bonds is 0. The first-order valence-corrected chi connectivity index (χ1v) is 2.67. The number of oxime groups is 1. The molecule has 0 saturated carbocycles. The Bertz CT molecular complexity index is 111. The van der Waals surface area contributed by atoms with Crippen molar-refractivity contribution in [3.63, 3.8) is 0 Å². The Balaban J connectivity index is 2.55. The van der Waals surface area contributed by atoms with Gasteiger partial charge in [-0.2, -0.15) is 0 Å². The quantitative estimate of drug-likeness (QED) is 0.371. The molecule has 0 aliphatic carbocycles. The summed E-state index contributed by atoms with van der Waals surface area (Å²) < 4.78 is 5.07. The van der Waals surface area contributed by atoms with Crippen LogP contribution in [0, 0.1) is 0 Å². The largest absolute Gasteiger partial charge is 0.411 e. The van der Waals surface area contributed by atoms with Crippen LogP contribution in [-0.2, 0) is 4.74 Å². The highest BCUT2D eigenvalue weighted by Gasteiger charge is 2.18. The lowest BCUT2D eigenvalue weighted by molar-refractivity contribution is 0.144. The highest BCUT2D eigenvalue weighted by atomic mass is 16.5. The summed E-state index contributed by atoms with van der Waals surface area (Å²) in [6.45, 7) is 2.57. The molecule has 0 bridgehead atoms. The van der Waals surface area contributed by atoms with Crippen molar-refractivity contribution in [2.45, 2.75) is 19.4 Å². The summed E-state index contributed by atoms with van der Waals surface area (Å²) in [5, 5.41) is 11.3. The van der Waals surface area contributed by atoms with Crippen molar-refractivity contribution < 1.29 is 9.94 Å². The highest BCUT2D eigenvalue weighted by Crippen LogP contribution is 2.07. The number of nitrogens with zero attached hydrogens (tertiary/aromatic N) is 1. The van der Waals surface area contributed by atoms with E-state index in [4.69, 9.17) is 9.94 Å². The summed E-state index contributed by atoms with van der Waals surface area (Å²) in [5.74, 6) is 0. The molecule has 0 aromatic heterocycles. The maximum absolute atomic E-state index is 8.24. The summed E-state index contributed by atoms with van der Waals surface area (Å²) in [6, 6.07) is 0. The number of hydrogen-bond donors (Lipinski definition) is 1.